The summed E-state index contributed by atoms with van der Waals surface area (Å²) in [4.78, 5) is 12.5. The zero-order valence-corrected chi connectivity index (χ0v) is 15.1. The van der Waals surface area contributed by atoms with Crippen molar-refractivity contribution >= 4 is 5.97 Å². The Morgan fingerprint density at radius 1 is 1.38 bits per heavy atom. The number of aryl methyl sites for hydroxylation is 1. The lowest BCUT2D eigenvalue weighted by atomic mass is 9.61. The molecule has 0 spiro atoms. The zero-order valence-electron chi connectivity index (χ0n) is 15.1. The van der Waals surface area contributed by atoms with Crippen molar-refractivity contribution in [2.24, 2.45) is 5.92 Å². The molecule has 0 bridgehead atoms. The average Bonchev–Trinajstić information content (AvgIpc) is 2.56. The van der Waals surface area contributed by atoms with Gasteiger partial charge in [-0.1, -0.05) is 36.8 Å². The van der Waals surface area contributed by atoms with Crippen molar-refractivity contribution in [3.8, 4) is 6.07 Å². The standard InChI is InChI=1S/C20H27NO3/c1-5-19(4)14-20(11-12-24-19,16-9-7-15(3)8-10-16)17(13-21)18(22)23-6-2/h7-10,17H,5-6,11-12,14H2,1-4H3/t17-,19-,20+/m0/s1. The lowest BCUT2D eigenvalue weighted by Crippen LogP contribution is -2.51. The molecular weight excluding hydrogens is 302 g/mol. The molecular formula is C20H27NO3. The lowest BCUT2D eigenvalue weighted by molar-refractivity contribution is -0.154. The van der Waals surface area contributed by atoms with Gasteiger partial charge < -0.3 is 9.47 Å². The molecule has 2 rings (SSSR count). The highest BCUT2D eigenvalue weighted by Crippen LogP contribution is 2.48. The number of carbonyl (C=O) groups excluding carboxylic acids is 1. The summed E-state index contributed by atoms with van der Waals surface area (Å²) in [7, 11) is 0. The van der Waals surface area contributed by atoms with E-state index in [2.05, 4.69) is 19.9 Å². The van der Waals surface area contributed by atoms with Gasteiger partial charge in [-0.25, -0.2) is 0 Å². The molecule has 0 aromatic heterocycles. The zero-order chi connectivity index (χ0) is 17.8. The van der Waals surface area contributed by atoms with Crippen LogP contribution in [-0.4, -0.2) is 24.8 Å². The first-order valence-corrected chi connectivity index (χ1v) is 8.68. The van der Waals surface area contributed by atoms with E-state index < -0.39 is 17.3 Å². The van der Waals surface area contributed by atoms with Crippen molar-refractivity contribution in [2.75, 3.05) is 13.2 Å². The summed E-state index contributed by atoms with van der Waals surface area (Å²) in [6.45, 7) is 8.76. The minimum Gasteiger partial charge on any atom is -0.465 e. The van der Waals surface area contributed by atoms with Crippen LogP contribution in [0.3, 0.4) is 0 Å². The smallest absolute Gasteiger partial charge is 0.324 e. The van der Waals surface area contributed by atoms with Gasteiger partial charge in [0.05, 0.1) is 18.3 Å². The van der Waals surface area contributed by atoms with Crippen LogP contribution in [-0.2, 0) is 19.7 Å². The molecule has 1 saturated heterocycles. The molecule has 24 heavy (non-hydrogen) atoms. The van der Waals surface area contributed by atoms with Crippen LogP contribution in [0.15, 0.2) is 24.3 Å². The number of rotatable bonds is 5. The fourth-order valence-corrected chi connectivity index (χ4v) is 3.69. The summed E-state index contributed by atoms with van der Waals surface area (Å²) in [5.41, 5.74) is 1.27. The van der Waals surface area contributed by atoms with Crippen LogP contribution in [0.2, 0.25) is 0 Å². The van der Waals surface area contributed by atoms with E-state index in [1.54, 1.807) is 6.92 Å². The van der Waals surface area contributed by atoms with Crippen molar-refractivity contribution in [1.29, 1.82) is 5.26 Å². The van der Waals surface area contributed by atoms with E-state index in [1.165, 1.54) is 0 Å². The van der Waals surface area contributed by atoms with Gasteiger partial charge in [-0.2, -0.15) is 5.26 Å². The second-order valence-electron chi connectivity index (χ2n) is 6.92. The van der Waals surface area contributed by atoms with Gasteiger partial charge in [-0.3, -0.25) is 4.79 Å². The molecule has 1 heterocycles. The van der Waals surface area contributed by atoms with E-state index in [0.29, 0.717) is 19.4 Å². The summed E-state index contributed by atoms with van der Waals surface area (Å²) in [6, 6.07) is 10.4. The van der Waals surface area contributed by atoms with E-state index in [0.717, 1.165) is 17.5 Å². The minimum absolute atomic E-state index is 0.280. The molecule has 0 amide bonds. The summed E-state index contributed by atoms with van der Waals surface area (Å²) >= 11 is 0. The van der Waals surface area contributed by atoms with Crippen LogP contribution in [0.5, 0.6) is 0 Å². The summed E-state index contributed by atoms with van der Waals surface area (Å²) in [5.74, 6) is -1.25. The normalized spacial score (nSPS) is 28.0. The van der Waals surface area contributed by atoms with Gasteiger partial charge in [0.2, 0.25) is 0 Å². The molecule has 1 aromatic rings. The number of carbonyl (C=O) groups is 1. The summed E-state index contributed by atoms with van der Waals surface area (Å²) in [6.07, 6.45) is 2.11. The van der Waals surface area contributed by atoms with E-state index in [9.17, 15) is 10.1 Å². The van der Waals surface area contributed by atoms with E-state index >= 15 is 0 Å². The quantitative estimate of drug-likeness (QED) is 0.768. The first-order valence-electron chi connectivity index (χ1n) is 8.68. The van der Waals surface area contributed by atoms with Crippen LogP contribution in [0.1, 0.15) is 51.2 Å². The van der Waals surface area contributed by atoms with Crippen LogP contribution in [0.4, 0.5) is 0 Å². The SMILES string of the molecule is CCOC(=O)[C@H](C#N)[C@]1(c2ccc(C)cc2)CCO[C@@](C)(CC)C1. The fraction of sp³-hybridized carbons (Fsp3) is 0.600. The minimum atomic E-state index is -0.824. The third-order valence-corrected chi connectivity index (χ3v) is 5.27. The topological polar surface area (TPSA) is 59.3 Å². The van der Waals surface area contributed by atoms with Gasteiger partial charge in [0, 0.05) is 12.0 Å². The van der Waals surface area contributed by atoms with Crippen LogP contribution < -0.4 is 0 Å². The predicted octanol–water partition coefficient (Wildman–Crippen LogP) is 3.91. The van der Waals surface area contributed by atoms with Crippen molar-refractivity contribution in [2.45, 2.75) is 58.0 Å². The van der Waals surface area contributed by atoms with Crippen LogP contribution >= 0.6 is 0 Å². The molecule has 4 nitrogen and oxygen atoms in total. The van der Waals surface area contributed by atoms with Crippen molar-refractivity contribution in [3.63, 3.8) is 0 Å². The Morgan fingerprint density at radius 3 is 2.58 bits per heavy atom. The largest absolute Gasteiger partial charge is 0.465 e. The first kappa shape index (κ1) is 18.5. The third kappa shape index (κ3) is 3.47. The highest BCUT2D eigenvalue weighted by molar-refractivity contribution is 5.77. The van der Waals surface area contributed by atoms with Crippen molar-refractivity contribution in [1.82, 2.24) is 0 Å². The number of ether oxygens (including phenoxy) is 2. The molecule has 1 aromatic carbocycles. The molecule has 4 heteroatoms. The Hall–Kier alpha value is -1.86. The molecule has 0 radical (unpaired) electrons. The number of hydrogen-bond acceptors (Lipinski definition) is 4. The molecule has 130 valence electrons. The Labute approximate surface area is 144 Å². The molecule has 0 aliphatic carbocycles. The van der Waals surface area contributed by atoms with Gasteiger partial charge in [-0.05, 0) is 45.6 Å². The monoisotopic (exact) mass is 329 g/mol. The number of esters is 1. The van der Waals surface area contributed by atoms with Gasteiger partial charge in [0.25, 0.3) is 0 Å². The fourth-order valence-electron chi connectivity index (χ4n) is 3.69. The first-order chi connectivity index (χ1) is 11.4. The van der Waals surface area contributed by atoms with Gasteiger partial charge in [0.15, 0.2) is 5.92 Å². The molecule has 1 aliphatic rings. The van der Waals surface area contributed by atoms with Crippen LogP contribution in [0, 0.1) is 24.2 Å². The Balaban J connectivity index is 2.54. The second kappa shape index (κ2) is 7.36. The maximum atomic E-state index is 12.5. The summed E-state index contributed by atoms with van der Waals surface area (Å²) < 4.78 is 11.2. The van der Waals surface area contributed by atoms with Crippen molar-refractivity contribution < 1.29 is 14.3 Å². The van der Waals surface area contributed by atoms with E-state index in [1.807, 2.05) is 31.2 Å². The Morgan fingerprint density at radius 2 is 2.04 bits per heavy atom. The summed E-state index contributed by atoms with van der Waals surface area (Å²) in [5, 5.41) is 9.81. The predicted molar refractivity (Wildman–Crippen MR) is 92.5 cm³/mol. The number of benzene rings is 1. The number of nitrogens with zero attached hydrogens (tertiary/aromatic N) is 1. The third-order valence-electron chi connectivity index (χ3n) is 5.27. The molecule has 3 atom stereocenters. The average molecular weight is 329 g/mol. The van der Waals surface area contributed by atoms with Gasteiger partial charge in [0.1, 0.15) is 0 Å². The Bertz CT molecular complexity index is 619. The number of nitriles is 1. The Kier molecular flexibility index (Phi) is 5.66. The maximum Gasteiger partial charge on any atom is 0.324 e. The van der Waals surface area contributed by atoms with Crippen molar-refractivity contribution in [3.05, 3.63) is 35.4 Å². The van der Waals surface area contributed by atoms with Crippen LogP contribution in [0.25, 0.3) is 0 Å². The second-order valence-corrected chi connectivity index (χ2v) is 6.92. The van der Waals surface area contributed by atoms with E-state index in [4.69, 9.17) is 9.47 Å². The van der Waals surface area contributed by atoms with Gasteiger partial charge >= 0.3 is 5.97 Å². The highest BCUT2D eigenvalue weighted by Gasteiger charge is 2.51. The molecule has 1 fully saturated rings. The van der Waals surface area contributed by atoms with Gasteiger partial charge in [-0.15, -0.1) is 0 Å². The molecule has 0 saturated carbocycles. The molecule has 0 N–H and O–H groups in total. The number of hydrogen-bond donors (Lipinski definition) is 0. The maximum absolute atomic E-state index is 12.5. The van der Waals surface area contributed by atoms with E-state index in [-0.39, 0.29) is 12.2 Å². The molecule has 1 aliphatic heterocycles. The molecule has 0 unspecified atom stereocenters. The highest BCUT2D eigenvalue weighted by atomic mass is 16.5. The lowest BCUT2D eigenvalue weighted by Gasteiger charge is -2.48.